The number of methoxy groups -OCH3 is 1. The van der Waals surface area contributed by atoms with Crippen molar-refractivity contribution in [3.8, 4) is 17.6 Å². The Kier molecular flexibility index (Phi) is 5.96. The summed E-state index contributed by atoms with van der Waals surface area (Å²) < 4.78 is 10.6. The van der Waals surface area contributed by atoms with Crippen molar-refractivity contribution < 1.29 is 14.3 Å². The molecule has 4 heterocycles. The summed E-state index contributed by atoms with van der Waals surface area (Å²) in [5.41, 5.74) is 5.76. The molecule has 2 atom stereocenters. The van der Waals surface area contributed by atoms with E-state index >= 15 is 0 Å². The maximum absolute atomic E-state index is 11.9. The SMILES string of the molecule is COc1cc(-n2ncc(CN3C[C@@H](c4ccc5c(c4C)COC5=O)N[C@@H](C)C3)n2)nc(C)c1C#N. The average Bonchev–Trinajstić information content (AvgIpc) is 3.45. The average molecular weight is 474 g/mol. The summed E-state index contributed by atoms with van der Waals surface area (Å²) in [7, 11) is 1.52. The van der Waals surface area contributed by atoms with Gasteiger partial charge in [0.1, 0.15) is 24.0 Å². The maximum Gasteiger partial charge on any atom is 0.338 e. The predicted octanol–water partition coefficient (Wildman–Crippen LogP) is 2.36. The molecule has 0 spiro atoms. The Balaban J connectivity index is 1.34. The number of ether oxygens (including phenoxy) is 2. The number of carbonyl (C=O) groups is 1. The van der Waals surface area contributed by atoms with Crippen LogP contribution in [0, 0.1) is 25.2 Å². The molecule has 3 aromatic rings. The standard InChI is InChI=1S/C25H27N7O3/c1-14-10-31(12-22(28-14)18-5-6-19-21(15(18)2)13-35-25(19)33)11-17-9-27-32(30-17)24-7-23(34-4)20(8-26)16(3)29-24/h5-7,9,14,22,28H,10-13H2,1-4H3/t14-,22-/m0/s1. The Labute approximate surface area is 203 Å². The molecule has 1 aromatic carbocycles. The van der Waals surface area contributed by atoms with Gasteiger partial charge in [-0.25, -0.2) is 9.78 Å². The zero-order valence-corrected chi connectivity index (χ0v) is 20.2. The lowest BCUT2D eigenvalue weighted by molar-refractivity contribution is 0.0535. The third-order valence-corrected chi connectivity index (χ3v) is 6.65. The van der Waals surface area contributed by atoms with E-state index in [-0.39, 0.29) is 18.1 Å². The minimum Gasteiger partial charge on any atom is -0.495 e. The van der Waals surface area contributed by atoms with Crippen molar-refractivity contribution in [2.75, 3.05) is 20.2 Å². The van der Waals surface area contributed by atoms with E-state index < -0.39 is 0 Å². The lowest BCUT2D eigenvalue weighted by Crippen LogP contribution is -2.50. The number of carbonyl (C=O) groups excluding carboxylic acids is 1. The first-order chi connectivity index (χ1) is 16.9. The van der Waals surface area contributed by atoms with Gasteiger partial charge in [-0.2, -0.15) is 15.5 Å². The number of fused-ring (bicyclic) bond motifs is 1. The molecule has 2 aliphatic heterocycles. The zero-order chi connectivity index (χ0) is 24.7. The monoisotopic (exact) mass is 473 g/mol. The number of esters is 1. The number of hydrogen-bond acceptors (Lipinski definition) is 9. The summed E-state index contributed by atoms with van der Waals surface area (Å²) in [5, 5.41) is 22.1. The summed E-state index contributed by atoms with van der Waals surface area (Å²) in [4.78, 5) is 20.2. The van der Waals surface area contributed by atoms with Crippen molar-refractivity contribution in [3.63, 3.8) is 0 Å². The summed E-state index contributed by atoms with van der Waals surface area (Å²) in [5.74, 6) is 0.708. The largest absolute Gasteiger partial charge is 0.495 e. The number of pyridine rings is 1. The summed E-state index contributed by atoms with van der Waals surface area (Å²) in [6.07, 6.45) is 1.74. The molecule has 0 saturated carbocycles. The number of aromatic nitrogens is 4. The molecule has 2 aliphatic rings. The van der Waals surface area contributed by atoms with E-state index in [4.69, 9.17) is 9.47 Å². The molecular weight excluding hydrogens is 446 g/mol. The molecule has 10 nitrogen and oxygen atoms in total. The fraction of sp³-hybridized carbons (Fsp3) is 0.400. The fourth-order valence-corrected chi connectivity index (χ4v) is 4.96. The number of piperazine rings is 1. The van der Waals surface area contributed by atoms with E-state index in [1.807, 2.05) is 12.1 Å². The Hall–Kier alpha value is -3.81. The molecule has 0 radical (unpaired) electrons. The minimum absolute atomic E-state index is 0.127. The van der Waals surface area contributed by atoms with Crippen LogP contribution in [-0.4, -0.2) is 57.1 Å². The number of nitrogens with zero attached hydrogens (tertiary/aromatic N) is 6. The first-order valence-electron chi connectivity index (χ1n) is 11.5. The van der Waals surface area contributed by atoms with E-state index in [1.165, 1.54) is 17.5 Å². The van der Waals surface area contributed by atoms with Crippen LogP contribution in [0.15, 0.2) is 24.4 Å². The highest BCUT2D eigenvalue weighted by Crippen LogP contribution is 2.31. The molecule has 1 fully saturated rings. The smallest absolute Gasteiger partial charge is 0.338 e. The highest BCUT2D eigenvalue weighted by molar-refractivity contribution is 5.94. The van der Waals surface area contributed by atoms with Crippen LogP contribution in [0.4, 0.5) is 0 Å². The van der Waals surface area contributed by atoms with Crippen LogP contribution < -0.4 is 10.1 Å². The quantitative estimate of drug-likeness (QED) is 0.557. The number of rotatable bonds is 5. The molecular formula is C25H27N7O3. The highest BCUT2D eigenvalue weighted by atomic mass is 16.5. The Bertz CT molecular complexity index is 1340. The number of nitriles is 1. The predicted molar refractivity (Wildman–Crippen MR) is 126 cm³/mol. The molecule has 0 unspecified atom stereocenters. The van der Waals surface area contributed by atoms with E-state index in [1.54, 1.807) is 19.2 Å². The number of hydrogen-bond donors (Lipinski definition) is 1. The van der Waals surface area contributed by atoms with Crippen LogP contribution in [0.3, 0.4) is 0 Å². The van der Waals surface area contributed by atoms with E-state index in [0.717, 1.165) is 29.9 Å². The first kappa shape index (κ1) is 23.0. The second-order valence-corrected chi connectivity index (χ2v) is 9.08. The third kappa shape index (κ3) is 4.24. The Morgan fingerprint density at radius 3 is 2.91 bits per heavy atom. The summed E-state index contributed by atoms with van der Waals surface area (Å²) in [6.45, 7) is 8.65. The molecule has 2 aromatic heterocycles. The van der Waals surface area contributed by atoms with Gasteiger partial charge in [-0.05, 0) is 38.0 Å². The molecule has 0 aliphatic carbocycles. The van der Waals surface area contributed by atoms with Crippen molar-refractivity contribution in [3.05, 3.63) is 63.6 Å². The van der Waals surface area contributed by atoms with Gasteiger partial charge in [0.15, 0.2) is 5.82 Å². The van der Waals surface area contributed by atoms with E-state index in [2.05, 4.69) is 45.3 Å². The van der Waals surface area contributed by atoms with E-state index in [9.17, 15) is 10.1 Å². The van der Waals surface area contributed by atoms with Gasteiger partial charge in [0.2, 0.25) is 0 Å². The highest BCUT2D eigenvalue weighted by Gasteiger charge is 2.30. The number of cyclic esters (lactones) is 1. The molecule has 180 valence electrons. The van der Waals surface area contributed by atoms with Gasteiger partial charge in [0.05, 0.1) is 30.3 Å². The van der Waals surface area contributed by atoms with Crippen LogP contribution in [0.2, 0.25) is 0 Å². The van der Waals surface area contributed by atoms with Crippen LogP contribution in [-0.2, 0) is 17.9 Å². The third-order valence-electron chi connectivity index (χ3n) is 6.65. The van der Waals surface area contributed by atoms with Gasteiger partial charge in [0, 0.05) is 43.3 Å². The molecule has 1 N–H and O–H groups in total. The summed E-state index contributed by atoms with van der Waals surface area (Å²) >= 11 is 0. The van der Waals surface area contributed by atoms with Crippen molar-refractivity contribution in [2.24, 2.45) is 0 Å². The van der Waals surface area contributed by atoms with Gasteiger partial charge < -0.3 is 14.8 Å². The molecule has 0 bridgehead atoms. The molecule has 5 rings (SSSR count). The second kappa shape index (κ2) is 9.09. The van der Waals surface area contributed by atoms with Gasteiger partial charge >= 0.3 is 5.97 Å². The Morgan fingerprint density at radius 1 is 1.31 bits per heavy atom. The van der Waals surface area contributed by atoms with Crippen LogP contribution >= 0.6 is 0 Å². The van der Waals surface area contributed by atoms with Crippen LogP contribution in [0.5, 0.6) is 5.75 Å². The fourth-order valence-electron chi connectivity index (χ4n) is 4.96. The van der Waals surface area contributed by atoms with Crippen molar-refractivity contribution in [2.45, 2.75) is 46.0 Å². The topological polar surface area (TPSA) is 118 Å². The lowest BCUT2D eigenvalue weighted by atomic mass is 9.92. The van der Waals surface area contributed by atoms with E-state index in [0.29, 0.717) is 41.5 Å². The number of benzene rings is 1. The van der Waals surface area contributed by atoms with Crippen LogP contribution in [0.25, 0.3) is 5.82 Å². The molecule has 0 amide bonds. The van der Waals surface area contributed by atoms with Gasteiger partial charge in [-0.1, -0.05) is 6.07 Å². The normalized spacial score (nSPS) is 19.8. The minimum atomic E-state index is -0.242. The summed E-state index contributed by atoms with van der Waals surface area (Å²) in [6, 6.07) is 8.11. The molecule has 1 saturated heterocycles. The van der Waals surface area contributed by atoms with Crippen molar-refractivity contribution >= 4 is 5.97 Å². The lowest BCUT2D eigenvalue weighted by Gasteiger charge is -2.38. The number of aryl methyl sites for hydroxylation is 1. The molecule has 35 heavy (non-hydrogen) atoms. The maximum atomic E-state index is 11.9. The van der Waals surface area contributed by atoms with Gasteiger partial charge in [-0.3, -0.25) is 4.90 Å². The Morgan fingerprint density at radius 2 is 2.14 bits per heavy atom. The van der Waals surface area contributed by atoms with Gasteiger partial charge in [-0.15, -0.1) is 4.80 Å². The van der Waals surface area contributed by atoms with Crippen molar-refractivity contribution in [1.29, 1.82) is 5.26 Å². The zero-order valence-electron chi connectivity index (χ0n) is 20.2. The van der Waals surface area contributed by atoms with Crippen LogP contribution in [0.1, 0.15) is 57.0 Å². The van der Waals surface area contributed by atoms with Gasteiger partial charge in [0.25, 0.3) is 0 Å². The molecule has 10 heteroatoms. The second-order valence-electron chi connectivity index (χ2n) is 9.08. The number of nitrogens with one attached hydrogen (secondary N) is 1. The first-order valence-corrected chi connectivity index (χ1v) is 11.5. The van der Waals surface area contributed by atoms with Crippen molar-refractivity contribution in [1.82, 2.24) is 30.2 Å².